The first-order valence-corrected chi connectivity index (χ1v) is 3.34. The molecule has 1 atom stereocenters. The SMILES string of the molecule is COCC1NCCC1=C=O. The third-order valence-electron chi connectivity index (χ3n) is 1.67. The highest BCUT2D eigenvalue weighted by atomic mass is 16.5. The van der Waals surface area contributed by atoms with Gasteiger partial charge in [-0.15, -0.1) is 0 Å². The van der Waals surface area contributed by atoms with Crippen LogP contribution in [0, 0.1) is 0 Å². The van der Waals surface area contributed by atoms with Gasteiger partial charge in [-0.1, -0.05) is 0 Å². The van der Waals surface area contributed by atoms with Crippen molar-refractivity contribution in [1.29, 1.82) is 0 Å². The summed E-state index contributed by atoms with van der Waals surface area (Å²) in [6.45, 7) is 1.45. The van der Waals surface area contributed by atoms with Crippen molar-refractivity contribution in [3.8, 4) is 0 Å². The Hall–Kier alpha value is -0.630. The lowest BCUT2D eigenvalue weighted by Crippen LogP contribution is -2.27. The van der Waals surface area contributed by atoms with Crippen molar-refractivity contribution in [3.05, 3.63) is 5.57 Å². The van der Waals surface area contributed by atoms with E-state index in [0.29, 0.717) is 6.61 Å². The first kappa shape index (κ1) is 7.48. The average molecular weight is 141 g/mol. The van der Waals surface area contributed by atoms with Crippen molar-refractivity contribution in [1.82, 2.24) is 5.32 Å². The van der Waals surface area contributed by atoms with Crippen LogP contribution in [-0.4, -0.2) is 32.2 Å². The van der Waals surface area contributed by atoms with Gasteiger partial charge in [0.1, 0.15) is 5.94 Å². The summed E-state index contributed by atoms with van der Waals surface area (Å²) < 4.78 is 4.90. The molecule has 0 bridgehead atoms. The van der Waals surface area contributed by atoms with Gasteiger partial charge in [0, 0.05) is 19.2 Å². The molecule has 1 fully saturated rings. The molecule has 1 rings (SSSR count). The molecule has 0 amide bonds. The zero-order valence-corrected chi connectivity index (χ0v) is 6.02. The quantitative estimate of drug-likeness (QED) is 0.539. The van der Waals surface area contributed by atoms with E-state index in [1.807, 2.05) is 5.94 Å². The van der Waals surface area contributed by atoms with Gasteiger partial charge in [-0.3, -0.25) is 0 Å². The van der Waals surface area contributed by atoms with Gasteiger partial charge in [0.2, 0.25) is 0 Å². The lowest BCUT2D eigenvalue weighted by molar-refractivity contribution is 0.183. The minimum absolute atomic E-state index is 0.113. The Bertz CT molecular complexity index is 161. The van der Waals surface area contributed by atoms with Crippen molar-refractivity contribution < 1.29 is 9.53 Å². The van der Waals surface area contributed by atoms with Crippen LogP contribution >= 0.6 is 0 Å². The molecule has 0 spiro atoms. The largest absolute Gasteiger partial charge is 0.383 e. The molecule has 1 aliphatic rings. The summed E-state index contributed by atoms with van der Waals surface area (Å²) in [5, 5.41) is 3.13. The topological polar surface area (TPSA) is 38.3 Å². The zero-order chi connectivity index (χ0) is 7.40. The van der Waals surface area contributed by atoms with Crippen molar-refractivity contribution >= 4 is 5.94 Å². The maximum atomic E-state index is 10.2. The molecule has 1 saturated heterocycles. The molecule has 3 heteroatoms. The van der Waals surface area contributed by atoms with Gasteiger partial charge in [0.25, 0.3) is 0 Å². The summed E-state index contributed by atoms with van der Waals surface area (Å²) >= 11 is 0. The third-order valence-corrected chi connectivity index (χ3v) is 1.67. The molecule has 1 unspecified atom stereocenters. The standard InChI is InChI=1S/C7H11NO2/c1-10-5-7-6(4-9)2-3-8-7/h7-8H,2-3,5H2,1H3. The molecule has 0 radical (unpaired) electrons. The van der Waals surface area contributed by atoms with E-state index in [2.05, 4.69) is 5.32 Å². The number of rotatable bonds is 2. The summed E-state index contributed by atoms with van der Waals surface area (Å²) in [4.78, 5) is 10.2. The van der Waals surface area contributed by atoms with Crippen molar-refractivity contribution in [2.45, 2.75) is 12.5 Å². The monoisotopic (exact) mass is 141 g/mol. The maximum absolute atomic E-state index is 10.2. The van der Waals surface area contributed by atoms with E-state index in [1.165, 1.54) is 0 Å². The van der Waals surface area contributed by atoms with E-state index in [-0.39, 0.29) is 6.04 Å². The Labute approximate surface area is 60.1 Å². The lowest BCUT2D eigenvalue weighted by atomic mass is 10.1. The molecule has 0 aromatic carbocycles. The Kier molecular flexibility index (Phi) is 2.63. The fraction of sp³-hybridized carbons (Fsp3) is 0.714. The van der Waals surface area contributed by atoms with Crippen LogP contribution in [0.1, 0.15) is 6.42 Å². The van der Waals surface area contributed by atoms with Crippen LogP contribution in [0.5, 0.6) is 0 Å². The summed E-state index contributed by atoms with van der Waals surface area (Å²) in [7, 11) is 1.63. The Morgan fingerprint density at radius 3 is 3.30 bits per heavy atom. The van der Waals surface area contributed by atoms with Gasteiger partial charge >= 0.3 is 0 Å². The molecule has 56 valence electrons. The highest BCUT2D eigenvalue weighted by Crippen LogP contribution is 2.10. The van der Waals surface area contributed by atoms with E-state index in [4.69, 9.17) is 4.74 Å². The smallest absolute Gasteiger partial charge is 0.125 e. The average Bonchev–Trinajstić information content (AvgIpc) is 2.36. The minimum Gasteiger partial charge on any atom is -0.383 e. The fourth-order valence-corrected chi connectivity index (χ4v) is 1.13. The number of carbonyl (C=O) groups excluding carboxylic acids is 1. The predicted molar refractivity (Wildman–Crippen MR) is 37.5 cm³/mol. The van der Waals surface area contributed by atoms with Crippen LogP contribution in [0.25, 0.3) is 0 Å². The number of hydrogen-bond donors (Lipinski definition) is 1. The predicted octanol–water partition coefficient (Wildman–Crippen LogP) is -0.247. The molecule has 3 nitrogen and oxygen atoms in total. The van der Waals surface area contributed by atoms with E-state index in [9.17, 15) is 4.79 Å². The zero-order valence-electron chi connectivity index (χ0n) is 6.02. The summed E-state index contributed by atoms with van der Waals surface area (Å²) in [6.07, 6.45) is 0.817. The second-order valence-corrected chi connectivity index (χ2v) is 2.34. The molecule has 1 heterocycles. The van der Waals surface area contributed by atoms with Gasteiger partial charge in [0.15, 0.2) is 0 Å². The van der Waals surface area contributed by atoms with Crippen LogP contribution < -0.4 is 5.32 Å². The van der Waals surface area contributed by atoms with Crippen molar-refractivity contribution in [2.75, 3.05) is 20.3 Å². The second kappa shape index (κ2) is 3.52. The molecule has 1 aliphatic heterocycles. The second-order valence-electron chi connectivity index (χ2n) is 2.34. The van der Waals surface area contributed by atoms with E-state index < -0.39 is 0 Å². The third kappa shape index (κ3) is 1.45. The van der Waals surface area contributed by atoms with Gasteiger partial charge in [-0.2, -0.15) is 0 Å². The molecule has 0 aliphatic carbocycles. The Morgan fingerprint density at radius 2 is 2.70 bits per heavy atom. The maximum Gasteiger partial charge on any atom is 0.125 e. The van der Waals surface area contributed by atoms with Crippen LogP contribution in [0.2, 0.25) is 0 Å². The van der Waals surface area contributed by atoms with Crippen molar-refractivity contribution in [2.24, 2.45) is 0 Å². The molecular weight excluding hydrogens is 130 g/mol. The number of nitrogens with one attached hydrogen (secondary N) is 1. The minimum atomic E-state index is 0.113. The number of methoxy groups -OCH3 is 1. The fourth-order valence-electron chi connectivity index (χ4n) is 1.13. The number of ether oxygens (including phenoxy) is 1. The lowest BCUT2D eigenvalue weighted by Gasteiger charge is -2.06. The highest BCUT2D eigenvalue weighted by Gasteiger charge is 2.20. The molecule has 0 saturated carbocycles. The van der Waals surface area contributed by atoms with Gasteiger partial charge in [-0.05, 0) is 6.42 Å². The van der Waals surface area contributed by atoms with Crippen LogP contribution in [0.3, 0.4) is 0 Å². The van der Waals surface area contributed by atoms with Crippen LogP contribution in [-0.2, 0) is 9.53 Å². The Balaban J connectivity index is 2.50. The summed E-state index contributed by atoms with van der Waals surface area (Å²) in [5.74, 6) is 1.92. The Morgan fingerprint density at radius 1 is 1.90 bits per heavy atom. The highest BCUT2D eigenvalue weighted by molar-refractivity contribution is 5.55. The normalized spacial score (nSPS) is 24.9. The van der Waals surface area contributed by atoms with Crippen LogP contribution in [0.15, 0.2) is 5.57 Å². The molecular formula is C7H11NO2. The van der Waals surface area contributed by atoms with Crippen LogP contribution in [0.4, 0.5) is 0 Å². The van der Waals surface area contributed by atoms with Gasteiger partial charge in [0.05, 0.1) is 12.6 Å². The molecule has 0 aromatic rings. The van der Waals surface area contributed by atoms with E-state index in [0.717, 1.165) is 18.5 Å². The first-order valence-electron chi connectivity index (χ1n) is 3.34. The van der Waals surface area contributed by atoms with Gasteiger partial charge < -0.3 is 10.1 Å². The first-order chi connectivity index (χ1) is 4.88. The number of hydrogen-bond acceptors (Lipinski definition) is 3. The summed E-state index contributed by atoms with van der Waals surface area (Å²) in [5.41, 5.74) is 0.807. The van der Waals surface area contributed by atoms with E-state index in [1.54, 1.807) is 7.11 Å². The van der Waals surface area contributed by atoms with Crippen molar-refractivity contribution in [3.63, 3.8) is 0 Å². The molecule has 10 heavy (non-hydrogen) atoms. The van der Waals surface area contributed by atoms with E-state index >= 15 is 0 Å². The molecule has 0 aromatic heterocycles. The summed E-state index contributed by atoms with van der Waals surface area (Å²) in [6, 6.07) is 0.113. The molecule has 1 N–H and O–H groups in total. The van der Waals surface area contributed by atoms with Gasteiger partial charge in [-0.25, -0.2) is 4.79 Å².